The first kappa shape index (κ1) is 13.8. The Labute approximate surface area is 109 Å². The van der Waals surface area contributed by atoms with E-state index in [4.69, 9.17) is 14.6 Å². The van der Waals surface area contributed by atoms with Crippen molar-refractivity contribution < 1.29 is 19.4 Å². The van der Waals surface area contributed by atoms with E-state index < -0.39 is 5.97 Å². The van der Waals surface area contributed by atoms with Gasteiger partial charge >= 0.3 is 5.97 Å². The van der Waals surface area contributed by atoms with E-state index >= 15 is 0 Å². The minimum Gasteiger partial charge on any atom is -0.496 e. The Morgan fingerprint density at radius 2 is 1.94 bits per heavy atom. The molecule has 17 heavy (non-hydrogen) atoms. The second-order valence-electron chi connectivity index (χ2n) is 3.55. The zero-order chi connectivity index (χ0) is 12.8. The molecule has 0 atom stereocenters. The molecule has 0 bridgehead atoms. The number of rotatable bonds is 6. The van der Waals surface area contributed by atoms with Gasteiger partial charge < -0.3 is 14.6 Å². The minimum atomic E-state index is -0.781. The summed E-state index contributed by atoms with van der Waals surface area (Å²) in [6.07, 6.45) is 1.41. The number of benzene rings is 1. The molecule has 4 nitrogen and oxygen atoms in total. The quantitative estimate of drug-likeness (QED) is 0.878. The van der Waals surface area contributed by atoms with Gasteiger partial charge in [-0.05, 0) is 40.4 Å². The molecule has 0 spiro atoms. The molecule has 0 radical (unpaired) electrons. The van der Waals surface area contributed by atoms with Crippen molar-refractivity contribution in [3.8, 4) is 11.5 Å². The maximum atomic E-state index is 10.5. The zero-order valence-electron chi connectivity index (χ0n) is 9.83. The summed E-state index contributed by atoms with van der Waals surface area (Å²) >= 11 is 3.39. The maximum absolute atomic E-state index is 10.5. The van der Waals surface area contributed by atoms with Crippen LogP contribution in [0.1, 0.15) is 18.4 Å². The Bertz CT molecular complexity index is 404. The lowest BCUT2D eigenvalue weighted by atomic mass is 10.1. The summed E-state index contributed by atoms with van der Waals surface area (Å²) in [6, 6.07) is 3.69. The number of carbonyl (C=O) groups is 1. The van der Waals surface area contributed by atoms with E-state index in [1.807, 2.05) is 6.07 Å². The highest BCUT2D eigenvalue weighted by Gasteiger charge is 2.10. The van der Waals surface area contributed by atoms with Gasteiger partial charge in [0.1, 0.15) is 11.5 Å². The Balaban J connectivity index is 2.83. The second kappa shape index (κ2) is 6.49. The SMILES string of the molecule is COc1cc(OC)c(CCCC(=O)O)cc1Br. The number of carboxylic acids is 1. The number of hydrogen-bond donors (Lipinski definition) is 1. The van der Waals surface area contributed by atoms with Crippen molar-refractivity contribution in [2.45, 2.75) is 19.3 Å². The molecule has 0 fully saturated rings. The van der Waals surface area contributed by atoms with Crippen LogP contribution in [-0.4, -0.2) is 25.3 Å². The lowest BCUT2D eigenvalue weighted by molar-refractivity contribution is -0.137. The van der Waals surface area contributed by atoms with Gasteiger partial charge in [-0.2, -0.15) is 0 Å². The van der Waals surface area contributed by atoms with Crippen molar-refractivity contribution in [2.75, 3.05) is 14.2 Å². The number of ether oxygens (including phenoxy) is 2. The fourth-order valence-electron chi connectivity index (χ4n) is 1.55. The van der Waals surface area contributed by atoms with Gasteiger partial charge in [0, 0.05) is 12.5 Å². The molecule has 0 saturated heterocycles. The third-order valence-corrected chi connectivity index (χ3v) is 3.01. The van der Waals surface area contributed by atoms with E-state index in [-0.39, 0.29) is 6.42 Å². The average Bonchev–Trinajstić information content (AvgIpc) is 2.29. The molecule has 0 heterocycles. The van der Waals surface area contributed by atoms with Crippen LogP contribution >= 0.6 is 15.9 Å². The molecule has 1 aromatic carbocycles. The van der Waals surface area contributed by atoms with E-state index in [2.05, 4.69) is 15.9 Å². The monoisotopic (exact) mass is 302 g/mol. The number of methoxy groups -OCH3 is 2. The Kier molecular flexibility index (Phi) is 5.28. The van der Waals surface area contributed by atoms with Crippen LogP contribution in [0.5, 0.6) is 11.5 Å². The van der Waals surface area contributed by atoms with Crippen LogP contribution in [-0.2, 0) is 11.2 Å². The average molecular weight is 303 g/mol. The third-order valence-electron chi connectivity index (χ3n) is 2.39. The van der Waals surface area contributed by atoms with Crippen LogP contribution in [0.2, 0.25) is 0 Å². The summed E-state index contributed by atoms with van der Waals surface area (Å²) in [5.74, 6) is 0.635. The molecule has 0 aromatic heterocycles. The molecule has 5 heteroatoms. The van der Waals surface area contributed by atoms with Crippen LogP contribution < -0.4 is 9.47 Å². The Morgan fingerprint density at radius 3 is 2.47 bits per heavy atom. The molecule has 0 amide bonds. The highest BCUT2D eigenvalue weighted by atomic mass is 79.9. The van der Waals surface area contributed by atoms with E-state index in [1.54, 1.807) is 20.3 Å². The van der Waals surface area contributed by atoms with Gasteiger partial charge in [-0.3, -0.25) is 4.79 Å². The van der Waals surface area contributed by atoms with Crippen LogP contribution in [0.4, 0.5) is 0 Å². The molecule has 1 rings (SSSR count). The van der Waals surface area contributed by atoms with Crippen LogP contribution in [0.25, 0.3) is 0 Å². The van der Waals surface area contributed by atoms with Crippen LogP contribution in [0.15, 0.2) is 16.6 Å². The van der Waals surface area contributed by atoms with Gasteiger partial charge in [-0.25, -0.2) is 0 Å². The normalized spacial score (nSPS) is 10.1. The predicted molar refractivity (Wildman–Crippen MR) is 67.8 cm³/mol. The van der Waals surface area contributed by atoms with Gasteiger partial charge in [0.05, 0.1) is 18.7 Å². The lowest BCUT2D eigenvalue weighted by Crippen LogP contribution is -1.98. The molecule has 0 aliphatic carbocycles. The van der Waals surface area contributed by atoms with Crippen LogP contribution in [0, 0.1) is 0 Å². The lowest BCUT2D eigenvalue weighted by Gasteiger charge is -2.11. The van der Waals surface area contributed by atoms with E-state index in [1.165, 1.54) is 0 Å². The number of hydrogen-bond acceptors (Lipinski definition) is 3. The van der Waals surface area contributed by atoms with Crippen molar-refractivity contribution in [2.24, 2.45) is 0 Å². The summed E-state index contributed by atoms with van der Waals surface area (Å²) in [5, 5.41) is 8.59. The topological polar surface area (TPSA) is 55.8 Å². The first-order chi connectivity index (χ1) is 8.08. The molecular formula is C12H15BrO4. The fraction of sp³-hybridized carbons (Fsp3) is 0.417. The summed E-state index contributed by atoms with van der Waals surface area (Å²) in [5.41, 5.74) is 0.974. The number of carboxylic acid groups (broad SMARTS) is 1. The molecular weight excluding hydrogens is 288 g/mol. The van der Waals surface area contributed by atoms with E-state index in [9.17, 15) is 4.79 Å². The Morgan fingerprint density at radius 1 is 1.29 bits per heavy atom. The first-order valence-corrected chi connectivity index (χ1v) is 6.00. The van der Waals surface area contributed by atoms with Crippen molar-refractivity contribution >= 4 is 21.9 Å². The summed E-state index contributed by atoms with van der Waals surface area (Å²) < 4.78 is 11.3. The van der Waals surface area contributed by atoms with Crippen molar-refractivity contribution in [3.05, 3.63) is 22.2 Å². The van der Waals surface area contributed by atoms with Crippen molar-refractivity contribution in [3.63, 3.8) is 0 Å². The summed E-state index contributed by atoms with van der Waals surface area (Å²) in [6.45, 7) is 0. The first-order valence-electron chi connectivity index (χ1n) is 5.20. The van der Waals surface area contributed by atoms with Crippen molar-refractivity contribution in [1.82, 2.24) is 0 Å². The summed E-state index contributed by atoms with van der Waals surface area (Å²) in [7, 11) is 3.17. The van der Waals surface area contributed by atoms with Gasteiger partial charge in [0.25, 0.3) is 0 Å². The second-order valence-corrected chi connectivity index (χ2v) is 4.40. The molecule has 1 N–H and O–H groups in total. The van der Waals surface area contributed by atoms with E-state index in [0.29, 0.717) is 18.6 Å². The third kappa shape index (κ3) is 3.93. The molecule has 0 saturated carbocycles. The molecule has 0 aliphatic rings. The van der Waals surface area contributed by atoms with E-state index in [0.717, 1.165) is 15.8 Å². The zero-order valence-corrected chi connectivity index (χ0v) is 11.4. The number of halogens is 1. The largest absolute Gasteiger partial charge is 0.496 e. The molecule has 0 aliphatic heterocycles. The number of aryl methyl sites for hydroxylation is 1. The smallest absolute Gasteiger partial charge is 0.303 e. The van der Waals surface area contributed by atoms with Gasteiger partial charge in [-0.1, -0.05) is 0 Å². The summed E-state index contributed by atoms with van der Waals surface area (Å²) in [4.78, 5) is 10.5. The highest BCUT2D eigenvalue weighted by molar-refractivity contribution is 9.10. The number of aliphatic carboxylic acids is 1. The van der Waals surface area contributed by atoms with Gasteiger partial charge in [0.2, 0.25) is 0 Å². The van der Waals surface area contributed by atoms with Gasteiger partial charge in [-0.15, -0.1) is 0 Å². The maximum Gasteiger partial charge on any atom is 0.303 e. The standard InChI is InChI=1S/C12H15BrO4/c1-16-10-7-11(17-2)9(13)6-8(10)4-3-5-12(14)15/h6-7H,3-5H2,1-2H3,(H,14,15). The van der Waals surface area contributed by atoms with Crippen molar-refractivity contribution in [1.29, 1.82) is 0 Å². The van der Waals surface area contributed by atoms with Crippen LogP contribution in [0.3, 0.4) is 0 Å². The molecule has 1 aromatic rings. The molecule has 94 valence electrons. The highest BCUT2D eigenvalue weighted by Crippen LogP contribution is 2.33. The minimum absolute atomic E-state index is 0.160. The molecule has 0 unspecified atom stereocenters. The fourth-order valence-corrected chi connectivity index (χ4v) is 2.10. The Hall–Kier alpha value is -1.23. The van der Waals surface area contributed by atoms with Gasteiger partial charge in [0.15, 0.2) is 0 Å². The predicted octanol–water partition coefficient (Wildman–Crippen LogP) is 2.87.